The number of ether oxygens (including phenoxy) is 2. The molecular formula is C18H17FN4O2. The van der Waals surface area contributed by atoms with Crippen molar-refractivity contribution in [2.45, 2.75) is 6.42 Å². The van der Waals surface area contributed by atoms with E-state index in [1.54, 1.807) is 31.0 Å². The second-order valence-corrected chi connectivity index (χ2v) is 5.83. The van der Waals surface area contributed by atoms with E-state index in [0.717, 1.165) is 22.4 Å². The molecule has 3 aromatic rings. The Morgan fingerprint density at radius 2 is 1.92 bits per heavy atom. The maximum atomic E-state index is 13.5. The number of benzene rings is 2. The SMILES string of the molecule is COc1cc2c(c(N)c1OC)Cc1c-2nn(-c2cccc(F)c2)c1N. The average molecular weight is 340 g/mol. The Bertz CT molecular complexity index is 997. The summed E-state index contributed by atoms with van der Waals surface area (Å²) in [7, 11) is 3.10. The monoisotopic (exact) mass is 340 g/mol. The van der Waals surface area contributed by atoms with E-state index in [9.17, 15) is 4.39 Å². The van der Waals surface area contributed by atoms with Gasteiger partial charge in [0.2, 0.25) is 0 Å². The lowest BCUT2D eigenvalue weighted by Gasteiger charge is -2.14. The van der Waals surface area contributed by atoms with Gasteiger partial charge in [-0.2, -0.15) is 5.10 Å². The van der Waals surface area contributed by atoms with Crippen LogP contribution in [0.25, 0.3) is 16.9 Å². The summed E-state index contributed by atoms with van der Waals surface area (Å²) in [4.78, 5) is 0. The summed E-state index contributed by atoms with van der Waals surface area (Å²) in [6, 6.07) is 7.99. The molecule has 0 saturated heterocycles. The third-order valence-corrected chi connectivity index (χ3v) is 4.50. The minimum atomic E-state index is -0.344. The topological polar surface area (TPSA) is 88.3 Å². The number of fused-ring (bicyclic) bond motifs is 3. The van der Waals surface area contributed by atoms with E-state index in [0.29, 0.717) is 35.1 Å². The van der Waals surface area contributed by atoms with Crippen LogP contribution in [0.3, 0.4) is 0 Å². The fourth-order valence-electron chi connectivity index (χ4n) is 3.30. The van der Waals surface area contributed by atoms with Crippen molar-refractivity contribution in [3.8, 4) is 28.4 Å². The lowest BCUT2D eigenvalue weighted by Crippen LogP contribution is -2.05. The zero-order chi connectivity index (χ0) is 17.7. The van der Waals surface area contributed by atoms with E-state index in [-0.39, 0.29) is 5.82 Å². The Morgan fingerprint density at radius 3 is 2.60 bits per heavy atom. The number of rotatable bonds is 3. The van der Waals surface area contributed by atoms with Crippen LogP contribution >= 0.6 is 0 Å². The van der Waals surface area contributed by atoms with E-state index in [4.69, 9.17) is 20.9 Å². The fourth-order valence-corrected chi connectivity index (χ4v) is 3.30. The van der Waals surface area contributed by atoms with Crippen molar-refractivity contribution in [1.82, 2.24) is 9.78 Å². The minimum Gasteiger partial charge on any atom is -0.493 e. The van der Waals surface area contributed by atoms with Crippen LogP contribution in [0.15, 0.2) is 30.3 Å². The number of methoxy groups -OCH3 is 2. The van der Waals surface area contributed by atoms with Crippen molar-refractivity contribution in [3.63, 3.8) is 0 Å². The van der Waals surface area contributed by atoms with E-state index in [1.165, 1.54) is 12.1 Å². The summed E-state index contributed by atoms with van der Waals surface area (Å²) in [6.45, 7) is 0. The molecule has 0 bridgehead atoms. The smallest absolute Gasteiger partial charge is 0.184 e. The molecule has 0 radical (unpaired) electrons. The van der Waals surface area contributed by atoms with E-state index >= 15 is 0 Å². The largest absolute Gasteiger partial charge is 0.493 e. The Balaban J connectivity index is 1.91. The second kappa shape index (κ2) is 5.41. The van der Waals surface area contributed by atoms with Crippen LogP contribution < -0.4 is 20.9 Å². The zero-order valence-corrected chi connectivity index (χ0v) is 13.8. The van der Waals surface area contributed by atoms with Gasteiger partial charge in [-0.05, 0) is 29.8 Å². The molecule has 0 fully saturated rings. The highest BCUT2D eigenvalue weighted by molar-refractivity contribution is 5.87. The molecule has 1 aliphatic rings. The van der Waals surface area contributed by atoms with E-state index in [1.807, 2.05) is 6.07 Å². The number of hydrogen-bond acceptors (Lipinski definition) is 5. The third-order valence-electron chi connectivity index (χ3n) is 4.50. The molecular weight excluding hydrogens is 323 g/mol. The van der Waals surface area contributed by atoms with Crippen molar-refractivity contribution in [2.75, 3.05) is 25.7 Å². The van der Waals surface area contributed by atoms with Crippen molar-refractivity contribution < 1.29 is 13.9 Å². The molecule has 7 heteroatoms. The molecule has 0 unspecified atom stereocenters. The van der Waals surface area contributed by atoms with Gasteiger partial charge >= 0.3 is 0 Å². The van der Waals surface area contributed by atoms with Crippen LogP contribution in [0, 0.1) is 5.82 Å². The van der Waals surface area contributed by atoms with Gasteiger partial charge in [-0.15, -0.1) is 0 Å². The van der Waals surface area contributed by atoms with Gasteiger partial charge in [-0.1, -0.05) is 6.07 Å². The maximum absolute atomic E-state index is 13.5. The van der Waals surface area contributed by atoms with Crippen molar-refractivity contribution in [3.05, 3.63) is 47.3 Å². The Hall–Kier alpha value is -3.22. The standard InChI is InChI=1S/C18H17FN4O2/c1-24-14-8-12-11(15(20)17(14)25-2)7-13-16(12)22-23(18(13)21)10-5-3-4-9(19)6-10/h3-6,8H,7,20-21H2,1-2H3. The molecule has 25 heavy (non-hydrogen) atoms. The van der Waals surface area contributed by atoms with Crippen LogP contribution in [-0.2, 0) is 6.42 Å². The number of nitrogens with two attached hydrogens (primary N) is 2. The van der Waals surface area contributed by atoms with Crippen LogP contribution in [0.1, 0.15) is 11.1 Å². The highest BCUT2D eigenvalue weighted by Gasteiger charge is 2.31. The first-order valence-corrected chi connectivity index (χ1v) is 7.72. The summed E-state index contributed by atoms with van der Waals surface area (Å²) >= 11 is 0. The predicted octanol–water partition coefficient (Wildman–Crippen LogP) is 2.76. The highest BCUT2D eigenvalue weighted by atomic mass is 19.1. The van der Waals surface area contributed by atoms with Crippen LogP contribution in [0.4, 0.5) is 15.9 Å². The molecule has 4 N–H and O–H groups in total. The molecule has 6 nitrogen and oxygen atoms in total. The van der Waals surface area contributed by atoms with E-state index < -0.39 is 0 Å². The Labute approximate surface area is 143 Å². The van der Waals surface area contributed by atoms with Crippen LogP contribution in [0.5, 0.6) is 11.5 Å². The van der Waals surface area contributed by atoms with Gasteiger partial charge in [0.15, 0.2) is 11.5 Å². The lowest BCUT2D eigenvalue weighted by molar-refractivity contribution is 0.356. The van der Waals surface area contributed by atoms with Crippen LogP contribution in [-0.4, -0.2) is 24.0 Å². The predicted molar refractivity (Wildman–Crippen MR) is 93.7 cm³/mol. The quantitative estimate of drug-likeness (QED) is 0.560. The first-order valence-electron chi connectivity index (χ1n) is 7.72. The van der Waals surface area contributed by atoms with Gasteiger partial charge in [0, 0.05) is 17.5 Å². The molecule has 4 rings (SSSR count). The molecule has 1 aliphatic carbocycles. The summed E-state index contributed by atoms with van der Waals surface area (Å²) < 4.78 is 25.8. The molecule has 0 atom stereocenters. The zero-order valence-electron chi connectivity index (χ0n) is 13.8. The molecule has 0 aliphatic heterocycles. The molecule has 128 valence electrons. The molecule has 0 amide bonds. The molecule has 1 aromatic heterocycles. The van der Waals surface area contributed by atoms with Crippen molar-refractivity contribution >= 4 is 11.5 Å². The number of nitrogens with zero attached hydrogens (tertiary/aromatic N) is 2. The number of halogens is 1. The van der Waals surface area contributed by atoms with Gasteiger partial charge in [0.1, 0.15) is 11.6 Å². The number of aromatic nitrogens is 2. The van der Waals surface area contributed by atoms with Crippen molar-refractivity contribution in [1.29, 1.82) is 0 Å². The number of hydrogen-bond donors (Lipinski definition) is 2. The fraction of sp³-hybridized carbons (Fsp3) is 0.167. The molecule has 0 spiro atoms. The lowest BCUT2D eigenvalue weighted by atomic mass is 10.1. The van der Waals surface area contributed by atoms with Gasteiger partial charge in [-0.25, -0.2) is 9.07 Å². The summed E-state index contributed by atoms with van der Waals surface area (Å²) in [5.41, 5.74) is 17.0. The van der Waals surface area contributed by atoms with Gasteiger partial charge in [0.25, 0.3) is 0 Å². The van der Waals surface area contributed by atoms with Gasteiger partial charge in [-0.3, -0.25) is 0 Å². The van der Waals surface area contributed by atoms with Crippen molar-refractivity contribution in [2.24, 2.45) is 0 Å². The average Bonchev–Trinajstić information content (AvgIpc) is 3.12. The Morgan fingerprint density at radius 1 is 1.12 bits per heavy atom. The maximum Gasteiger partial charge on any atom is 0.184 e. The number of anilines is 2. The molecule has 1 heterocycles. The normalized spacial score (nSPS) is 12.0. The summed E-state index contributed by atoms with van der Waals surface area (Å²) in [6.07, 6.45) is 0.540. The molecule has 0 saturated carbocycles. The summed E-state index contributed by atoms with van der Waals surface area (Å²) in [5, 5.41) is 4.59. The third kappa shape index (κ3) is 2.12. The van der Waals surface area contributed by atoms with Gasteiger partial charge < -0.3 is 20.9 Å². The highest BCUT2D eigenvalue weighted by Crippen LogP contribution is 2.48. The second-order valence-electron chi connectivity index (χ2n) is 5.83. The Kier molecular flexibility index (Phi) is 3.31. The number of nitrogen functional groups attached to an aromatic ring is 2. The van der Waals surface area contributed by atoms with Crippen LogP contribution in [0.2, 0.25) is 0 Å². The first-order chi connectivity index (χ1) is 12.0. The molecule has 2 aromatic carbocycles. The minimum absolute atomic E-state index is 0.344. The first kappa shape index (κ1) is 15.3. The summed E-state index contributed by atoms with van der Waals surface area (Å²) in [5.74, 6) is 1.16. The van der Waals surface area contributed by atoms with Gasteiger partial charge in [0.05, 0.1) is 31.3 Å². The van der Waals surface area contributed by atoms with E-state index in [2.05, 4.69) is 5.10 Å².